The minimum absolute atomic E-state index is 0.0478. The van der Waals surface area contributed by atoms with E-state index in [0.29, 0.717) is 38.5 Å². The molecule has 252 valence electrons. The molecule has 5 unspecified atom stereocenters. The van der Waals surface area contributed by atoms with Crippen LogP contribution in [0.5, 0.6) is 0 Å². The van der Waals surface area contributed by atoms with E-state index in [1.807, 2.05) is 13.8 Å². The van der Waals surface area contributed by atoms with Gasteiger partial charge in [0.05, 0.1) is 12.1 Å². The number of carbonyl (C=O) groups excluding carboxylic acids is 6. The Morgan fingerprint density at radius 3 is 1.32 bits per heavy atom. The third-order valence-corrected chi connectivity index (χ3v) is 7.01. The van der Waals surface area contributed by atoms with E-state index >= 15 is 0 Å². The molecule has 0 aromatic carbocycles. The van der Waals surface area contributed by atoms with Crippen LogP contribution in [0, 0.1) is 0 Å². The van der Waals surface area contributed by atoms with Gasteiger partial charge in [-0.3, -0.25) is 28.8 Å². The first-order valence-electron chi connectivity index (χ1n) is 15.9. The first kappa shape index (κ1) is 40.3. The van der Waals surface area contributed by atoms with Gasteiger partial charge in [0, 0.05) is 32.2 Å². The maximum atomic E-state index is 13.2. The maximum absolute atomic E-state index is 13.2. The maximum Gasteiger partial charge on any atom is 0.326 e. The summed E-state index contributed by atoms with van der Waals surface area (Å²) in [6.07, 6.45) is 3.60. The van der Waals surface area contributed by atoms with Crippen molar-refractivity contribution < 1.29 is 38.7 Å². The van der Waals surface area contributed by atoms with Crippen LogP contribution in [-0.4, -0.2) is 83.3 Å². The monoisotopic (exact) mass is 626 g/mol. The second-order valence-corrected chi connectivity index (χ2v) is 10.6. The van der Waals surface area contributed by atoms with E-state index in [0.717, 1.165) is 0 Å². The van der Waals surface area contributed by atoms with Crippen molar-refractivity contribution in [1.29, 1.82) is 0 Å². The van der Waals surface area contributed by atoms with Crippen molar-refractivity contribution in [2.45, 2.75) is 142 Å². The van der Waals surface area contributed by atoms with E-state index in [2.05, 4.69) is 31.9 Å². The highest BCUT2D eigenvalue weighted by atomic mass is 16.4. The van der Waals surface area contributed by atoms with Gasteiger partial charge in [0.2, 0.25) is 35.4 Å². The lowest BCUT2D eigenvalue weighted by Gasteiger charge is -2.29. The normalized spacial score (nSPS) is 14.1. The standard InChI is InChI=1S/C30H54N6O8/c1-7-15-19(32-22(37)9-3)26(35-24(39)11-5)28(41)31-18-14-13-17-21(30(43)44)34-29(42)27(36-25(40)12-6)20(16-8-2)33-23(38)10-4/h19-21,26-27H,7-18H2,1-6H3,(H,31,41)(H,32,37)(H,33,38)(H,34,42)(H,35,39)(H,36,40)(H,43,44). The van der Waals surface area contributed by atoms with Gasteiger partial charge in [-0.25, -0.2) is 4.79 Å². The van der Waals surface area contributed by atoms with Gasteiger partial charge in [0.1, 0.15) is 18.1 Å². The molecule has 6 amide bonds. The molecule has 0 aliphatic rings. The van der Waals surface area contributed by atoms with E-state index in [-0.39, 0.29) is 56.4 Å². The molecule has 5 atom stereocenters. The topological polar surface area (TPSA) is 212 Å². The number of hydrogen-bond donors (Lipinski definition) is 7. The number of amides is 6. The highest BCUT2D eigenvalue weighted by Gasteiger charge is 2.33. The van der Waals surface area contributed by atoms with Crippen LogP contribution in [0.2, 0.25) is 0 Å². The fraction of sp³-hybridized carbons (Fsp3) is 0.767. The van der Waals surface area contributed by atoms with E-state index in [4.69, 9.17) is 0 Å². The molecule has 0 aliphatic carbocycles. The zero-order chi connectivity index (χ0) is 33.7. The van der Waals surface area contributed by atoms with Gasteiger partial charge in [-0.05, 0) is 32.1 Å². The summed E-state index contributed by atoms with van der Waals surface area (Å²) in [5, 5.41) is 25.9. The fourth-order valence-corrected chi connectivity index (χ4v) is 4.45. The smallest absolute Gasteiger partial charge is 0.326 e. The Bertz CT molecular complexity index is 960. The van der Waals surface area contributed by atoms with E-state index in [9.17, 15) is 38.7 Å². The third-order valence-electron chi connectivity index (χ3n) is 7.01. The summed E-state index contributed by atoms with van der Waals surface area (Å²) in [6.45, 7) is 10.6. The molecule has 0 aromatic heterocycles. The Balaban J connectivity index is 5.39. The van der Waals surface area contributed by atoms with Crippen LogP contribution in [0.15, 0.2) is 0 Å². The predicted octanol–water partition coefficient (Wildman–Crippen LogP) is 1.02. The first-order chi connectivity index (χ1) is 20.9. The number of carboxylic acid groups (broad SMARTS) is 1. The van der Waals surface area contributed by atoms with Crippen molar-refractivity contribution in [3.8, 4) is 0 Å². The summed E-state index contributed by atoms with van der Waals surface area (Å²) in [5.74, 6) is -3.72. The Kier molecular flexibility index (Phi) is 20.9. The lowest BCUT2D eigenvalue weighted by atomic mass is 10.00. The van der Waals surface area contributed by atoms with Crippen LogP contribution in [-0.2, 0) is 33.6 Å². The fourth-order valence-electron chi connectivity index (χ4n) is 4.45. The van der Waals surface area contributed by atoms with E-state index in [1.54, 1.807) is 27.7 Å². The molecule has 0 saturated carbocycles. The zero-order valence-electron chi connectivity index (χ0n) is 27.2. The molecule has 0 spiro atoms. The van der Waals surface area contributed by atoms with Crippen molar-refractivity contribution in [2.75, 3.05) is 6.54 Å². The van der Waals surface area contributed by atoms with Crippen molar-refractivity contribution in [3.63, 3.8) is 0 Å². The van der Waals surface area contributed by atoms with E-state index < -0.39 is 53.9 Å². The third kappa shape index (κ3) is 15.7. The highest BCUT2D eigenvalue weighted by Crippen LogP contribution is 2.09. The first-order valence-corrected chi connectivity index (χ1v) is 15.9. The van der Waals surface area contributed by atoms with Gasteiger partial charge in [0.15, 0.2) is 0 Å². The molecule has 44 heavy (non-hydrogen) atoms. The summed E-state index contributed by atoms with van der Waals surface area (Å²) < 4.78 is 0. The van der Waals surface area contributed by atoms with Gasteiger partial charge >= 0.3 is 5.97 Å². The summed E-state index contributed by atoms with van der Waals surface area (Å²) in [7, 11) is 0. The average molecular weight is 627 g/mol. The van der Waals surface area contributed by atoms with Gasteiger partial charge in [-0.2, -0.15) is 0 Å². The second kappa shape index (κ2) is 22.8. The zero-order valence-corrected chi connectivity index (χ0v) is 27.2. The molecule has 7 N–H and O–H groups in total. The molecular weight excluding hydrogens is 572 g/mol. The lowest BCUT2D eigenvalue weighted by Crippen LogP contribution is -2.60. The molecule has 0 fully saturated rings. The number of carbonyl (C=O) groups is 7. The van der Waals surface area contributed by atoms with Crippen molar-refractivity contribution in [1.82, 2.24) is 31.9 Å². The quantitative estimate of drug-likeness (QED) is 0.0812. The molecule has 0 radical (unpaired) electrons. The second-order valence-electron chi connectivity index (χ2n) is 10.6. The van der Waals surface area contributed by atoms with Gasteiger partial charge < -0.3 is 37.0 Å². The lowest BCUT2D eigenvalue weighted by molar-refractivity contribution is -0.143. The average Bonchev–Trinajstić information content (AvgIpc) is 3.00. The minimum Gasteiger partial charge on any atom is -0.480 e. The molecule has 0 aromatic rings. The summed E-state index contributed by atoms with van der Waals surface area (Å²) in [5.41, 5.74) is 0. The number of aliphatic carboxylic acids is 1. The molecule has 14 nitrogen and oxygen atoms in total. The molecule has 0 heterocycles. The molecular formula is C30H54N6O8. The van der Waals surface area contributed by atoms with Gasteiger partial charge in [0.25, 0.3) is 0 Å². The molecule has 0 saturated heterocycles. The predicted molar refractivity (Wildman–Crippen MR) is 165 cm³/mol. The largest absolute Gasteiger partial charge is 0.480 e. The summed E-state index contributed by atoms with van der Waals surface area (Å²) in [4.78, 5) is 86.7. The number of nitrogens with one attached hydrogen (secondary N) is 6. The SMILES string of the molecule is CCCC(NC(=O)CC)C(NC(=O)CC)C(=O)NCCCCC(NC(=O)C(NC(=O)CC)C(CCC)NC(=O)CC)C(=O)O. The van der Waals surface area contributed by atoms with Gasteiger partial charge in [-0.1, -0.05) is 54.4 Å². The van der Waals surface area contributed by atoms with Crippen LogP contribution in [0.3, 0.4) is 0 Å². The van der Waals surface area contributed by atoms with Crippen molar-refractivity contribution in [3.05, 3.63) is 0 Å². The molecule has 14 heteroatoms. The molecule has 0 aliphatic heterocycles. The molecule has 0 rings (SSSR count). The van der Waals surface area contributed by atoms with Crippen LogP contribution < -0.4 is 31.9 Å². The Hall–Kier alpha value is -3.71. The summed E-state index contributed by atoms with van der Waals surface area (Å²) >= 11 is 0. The number of hydrogen-bond acceptors (Lipinski definition) is 7. The van der Waals surface area contributed by atoms with Gasteiger partial charge in [-0.15, -0.1) is 0 Å². The minimum atomic E-state index is -1.27. The molecule has 0 bridgehead atoms. The number of carboxylic acids is 1. The summed E-state index contributed by atoms with van der Waals surface area (Å²) in [6, 6.07) is -4.69. The van der Waals surface area contributed by atoms with Crippen LogP contribution in [0.4, 0.5) is 0 Å². The van der Waals surface area contributed by atoms with Crippen LogP contribution in [0.25, 0.3) is 0 Å². The van der Waals surface area contributed by atoms with Crippen LogP contribution >= 0.6 is 0 Å². The Labute approximate surface area is 261 Å². The number of rotatable bonds is 23. The van der Waals surface area contributed by atoms with E-state index in [1.165, 1.54) is 0 Å². The number of unbranched alkanes of at least 4 members (excludes halogenated alkanes) is 1. The van der Waals surface area contributed by atoms with Crippen molar-refractivity contribution >= 4 is 41.4 Å². The van der Waals surface area contributed by atoms with Crippen LogP contribution in [0.1, 0.15) is 112 Å². The highest BCUT2D eigenvalue weighted by molar-refractivity contribution is 5.92. The Morgan fingerprint density at radius 1 is 0.523 bits per heavy atom. The van der Waals surface area contributed by atoms with Crippen molar-refractivity contribution in [2.24, 2.45) is 0 Å². The Morgan fingerprint density at radius 2 is 0.932 bits per heavy atom.